The summed E-state index contributed by atoms with van der Waals surface area (Å²) in [5, 5.41) is -0.184. The van der Waals surface area contributed by atoms with Crippen molar-refractivity contribution in [2.24, 2.45) is 5.92 Å². The molecule has 0 N–H and O–H groups in total. The van der Waals surface area contributed by atoms with Crippen LogP contribution >= 0.6 is 23.2 Å². The van der Waals surface area contributed by atoms with Crippen molar-refractivity contribution in [2.75, 3.05) is 13.1 Å². The van der Waals surface area contributed by atoms with Gasteiger partial charge in [-0.3, -0.25) is 0 Å². The maximum absolute atomic E-state index is 14.4. The second kappa shape index (κ2) is 5.81. The molecule has 8 heteroatoms. The molecule has 2 heterocycles. The summed E-state index contributed by atoms with van der Waals surface area (Å²) in [5.41, 5.74) is -0.956. The number of nitrogens with zero attached hydrogens (tertiary/aromatic N) is 2. The van der Waals surface area contributed by atoms with E-state index in [-0.39, 0.29) is 29.0 Å². The van der Waals surface area contributed by atoms with Crippen LogP contribution in [0.5, 0.6) is 0 Å². The van der Waals surface area contributed by atoms with Gasteiger partial charge >= 0.3 is 6.09 Å². The number of hydrogen-bond acceptors (Lipinski definition) is 3. The van der Waals surface area contributed by atoms with Crippen LogP contribution in [0.1, 0.15) is 26.3 Å². The molecule has 4 nitrogen and oxygen atoms in total. The molecule has 0 unspecified atom stereocenters. The minimum Gasteiger partial charge on any atom is -0.444 e. The van der Waals surface area contributed by atoms with Crippen molar-refractivity contribution < 1.29 is 18.3 Å². The van der Waals surface area contributed by atoms with Gasteiger partial charge in [-0.15, -0.1) is 0 Å². The number of halogens is 4. The highest BCUT2D eigenvalue weighted by atomic mass is 35.5. The molecule has 22 heavy (non-hydrogen) atoms. The van der Waals surface area contributed by atoms with Gasteiger partial charge < -0.3 is 9.64 Å². The number of amides is 1. The monoisotopic (exact) mass is 352 g/mol. The molecule has 2 rings (SSSR count). The summed E-state index contributed by atoms with van der Waals surface area (Å²) < 4.78 is 34.0. The van der Waals surface area contributed by atoms with Crippen LogP contribution in [0.15, 0.2) is 12.1 Å². The molecule has 1 aliphatic rings. The predicted molar refractivity (Wildman–Crippen MR) is 79.4 cm³/mol. The number of ether oxygens (including phenoxy) is 1. The van der Waals surface area contributed by atoms with Crippen molar-refractivity contribution >= 4 is 29.3 Å². The topological polar surface area (TPSA) is 42.4 Å². The Morgan fingerprint density at radius 1 is 1.27 bits per heavy atom. The normalized spacial score (nSPS) is 16.4. The fourth-order valence-electron chi connectivity index (χ4n) is 2.08. The lowest BCUT2D eigenvalue weighted by molar-refractivity contribution is -0.121. The number of carbonyl (C=O) groups excluding carboxylic acids is 1. The molecule has 0 aliphatic carbocycles. The van der Waals surface area contributed by atoms with Crippen molar-refractivity contribution in [3.63, 3.8) is 0 Å². The molecule has 0 saturated carbocycles. The third-order valence-electron chi connectivity index (χ3n) is 3.19. The minimum absolute atomic E-state index is 0.0839. The van der Waals surface area contributed by atoms with E-state index in [0.29, 0.717) is 0 Å². The lowest BCUT2D eigenvalue weighted by Gasteiger charge is -2.43. The molecule has 0 atom stereocenters. The highest BCUT2D eigenvalue weighted by Crippen LogP contribution is 2.42. The molecule has 0 aromatic carbocycles. The lowest BCUT2D eigenvalue weighted by Crippen LogP contribution is -2.56. The highest BCUT2D eigenvalue weighted by Gasteiger charge is 2.50. The Labute approximate surface area is 137 Å². The Kier molecular flexibility index (Phi) is 4.55. The zero-order valence-electron chi connectivity index (χ0n) is 12.4. The van der Waals surface area contributed by atoms with Crippen molar-refractivity contribution in [3.8, 4) is 0 Å². The summed E-state index contributed by atoms with van der Waals surface area (Å²) in [6.07, 6.45) is -0.592. The number of pyridine rings is 1. The Bertz CT molecular complexity index is 564. The summed E-state index contributed by atoms with van der Waals surface area (Å²) in [7, 11) is 0. The first kappa shape index (κ1) is 17.2. The van der Waals surface area contributed by atoms with E-state index in [0.717, 1.165) is 12.1 Å². The van der Waals surface area contributed by atoms with Gasteiger partial charge in [0.1, 0.15) is 15.9 Å². The molecular weight excluding hydrogens is 337 g/mol. The first-order valence-electron chi connectivity index (χ1n) is 6.68. The summed E-state index contributed by atoms with van der Waals surface area (Å²) in [6, 6.07) is 2.17. The average Bonchev–Trinajstić information content (AvgIpc) is 2.21. The standard InChI is InChI=1S/C14H16Cl2F2N2O2/c1-13(2,3)22-12(21)20-6-9(7-20)14(17,18)8-4-10(15)19-11(16)5-8/h4-5,9H,6-7H2,1-3H3. The van der Waals surface area contributed by atoms with Gasteiger partial charge in [-0.2, -0.15) is 0 Å². The first-order chi connectivity index (χ1) is 9.99. The maximum atomic E-state index is 14.4. The molecule has 0 spiro atoms. The Hall–Kier alpha value is -1.14. The maximum Gasteiger partial charge on any atom is 0.410 e. The zero-order chi connectivity index (χ0) is 16.7. The Balaban J connectivity index is 2.03. The zero-order valence-corrected chi connectivity index (χ0v) is 13.9. The van der Waals surface area contributed by atoms with Crippen LogP contribution in [-0.4, -0.2) is 34.7 Å². The van der Waals surface area contributed by atoms with Gasteiger partial charge in [0.05, 0.1) is 5.92 Å². The lowest BCUT2D eigenvalue weighted by atomic mass is 9.89. The Morgan fingerprint density at radius 3 is 2.23 bits per heavy atom. The average molecular weight is 353 g/mol. The van der Waals surface area contributed by atoms with E-state index in [1.807, 2.05) is 0 Å². The highest BCUT2D eigenvalue weighted by molar-refractivity contribution is 6.32. The van der Waals surface area contributed by atoms with Crippen LogP contribution < -0.4 is 0 Å². The minimum atomic E-state index is -3.14. The van der Waals surface area contributed by atoms with Crippen molar-refractivity contribution in [3.05, 3.63) is 28.0 Å². The molecule has 1 amide bonds. The second-order valence-electron chi connectivity index (χ2n) is 6.21. The molecule has 0 radical (unpaired) electrons. The summed E-state index contributed by atoms with van der Waals surface area (Å²) >= 11 is 11.3. The van der Waals surface area contributed by atoms with Gasteiger partial charge in [0.25, 0.3) is 5.92 Å². The van der Waals surface area contributed by atoms with E-state index in [1.165, 1.54) is 4.90 Å². The fourth-order valence-corrected chi connectivity index (χ4v) is 2.54. The van der Waals surface area contributed by atoms with E-state index in [4.69, 9.17) is 27.9 Å². The summed E-state index contributed by atoms with van der Waals surface area (Å²) in [6.45, 7) is 4.99. The third kappa shape index (κ3) is 3.79. The number of rotatable bonds is 2. The van der Waals surface area contributed by atoms with Gasteiger partial charge in [-0.25, -0.2) is 18.6 Å². The number of aromatic nitrogens is 1. The number of likely N-dealkylation sites (tertiary alicyclic amines) is 1. The number of alkyl halides is 2. The molecule has 122 valence electrons. The predicted octanol–water partition coefficient (Wildman–Crippen LogP) is 4.35. The van der Waals surface area contributed by atoms with Crippen molar-refractivity contribution in [1.29, 1.82) is 0 Å². The summed E-state index contributed by atoms with van der Waals surface area (Å²) in [5.74, 6) is -4.15. The van der Waals surface area contributed by atoms with E-state index in [9.17, 15) is 13.6 Å². The largest absolute Gasteiger partial charge is 0.444 e. The SMILES string of the molecule is CC(C)(C)OC(=O)N1CC(C(F)(F)c2cc(Cl)nc(Cl)c2)C1. The van der Waals surface area contributed by atoms with E-state index in [2.05, 4.69) is 4.98 Å². The van der Waals surface area contributed by atoms with Crippen LogP contribution in [-0.2, 0) is 10.7 Å². The van der Waals surface area contributed by atoms with Crippen LogP contribution in [0.2, 0.25) is 10.3 Å². The number of carbonyl (C=O) groups is 1. The van der Waals surface area contributed by atoms with Crippen LogP contribution in [0.4, 0.5) is 13.6 Å². The van der Waals surface area contributed by atoms with Crippen molar-refractivity contribution in [1.82, 2.24) is 9.88 Å². The Morgan fingerprint density at radius 2 is 1.77 bits per heavy atom. The van der Waals surface area contributed by atoms with Gasteiger partial charge in [0.15, 0.2) is 0 Å². The third-order valence-corrected chi connectivity index (χ3v) is 3.58. The quantitative estimate of drug-likeness (QED) is 0.743. The van der Waals surface area contributed by atoms with Crippen molar-refractivity contribution in [2.45, 2.75) is 32.3 Å². The van der Waals surface area contributed by atoms with Crippen LogP contribution in [0.25, 0.3) is 0 Å². The first-order valence-corrected chi connectivity index (χ1v) is 7.44. The molecule has 1 saturated heterocycles. The van der Waals surface area contributed by atoms with Crippen LogP contribution in [0.3, 0.4) is 0 Å². The van der Waals surface area contributed by atoms with Crippen LogP contribution in [0, 0.1) is 5.92 Å². The van der Waals surface area contributed by atoms with Gasteiger partial charge in [0.2, 0.25) is 0 Å². The van der Waals surface area contributed by atoms with E-state index < -0.39 is 23.5 Å². The smallest absolute Gasteiger partial charge is 0.410 e. The second-order valence-corrected chi connectivity index (χ2v) is 6.98. The van der Waals surface area contributed by atoms with E-state index in [1.54, 1.807) is 20.8 Å². The molecule has 1 aliphatic heterocycles. The van der Waals surface area contributed by atoms with E-state index >= 15 is 0 Å². The van der Waals surface area contributed by atoms with Gasteiger partial charge in [-0.05, 0) is 32.9 Å². The number of hydrogen-bond donors (Lipinski definition) is 0. The molecule has 1 fully saturated rings. The molecule has 0 bridgehead atoms. The molecule has 1 aromatic heterocycles. The molecule has 1 aromatic rings. The summed E-state index contributed by atoms with van der Waals surface area (Å²) in [4.78, 5) is 16.7. The fraction of sp³-hybridized carbons (Fsp3) is 0.571. The molecular formula is C14H16Cl2F2N2O2. The van der Waals surface area contributed by atoms with Gasteiger partial charge in [0, 0.05) is 18.7 Å². The van der Waals surface area contributed by atoms with Gasteiger partial charge in [-0.1, -0.05) is 23.2 Å².